The van der Waals surface area contributed by atoms with Crippen molar-refractivity contribution >= 4 is 22.4 Å². The van der Waals surface area contributed by atoms with Gasteiger partial charge in [0.05, 0.1) is 6.61 Å². The molecule has 2 heterocycles. The molecule has 0 saturated heterocycles. The van der Waals surface area contributed by atoms with Gasteiger partial charge in [0.15, 0.2) is 10.8 Å². The first-order valence-electron chi connectivity index (χ1n) is 6.13. The van der Waals surface area contributed by atoms with Gasteiger partial charge in [-0.1, -0.05) is 0 Å². The third-order valence-electron chi connectivity index (χ3n) is 2.39. The van der Waals surface area contributed by atoms with Crippen LogP contribution < -0.4 is 5.32 Å². The molecule has 0 atom stereocenters. The number of carbonyl (C=O) groups excluding carboxylic acids is 1. The van der Waals surface area contributed by atoms with Gasteiger partial charge in [0.1, 0.15) is 0 Å². The summed E-state index contributed by atoms with van der Waals surface area (Å²) in [6, 6.07) is 1.90. The first kappa shape index (κ1) is 13.5. The molecule has 0 unspecified atom stereocenters. The molecular weight excluding hydrogens is 264 g/mol. The highest BCUT2D eigenvalue weighted by Crippen LogP contribution is 2.15. The van der Waals surface area contributed by atoms with Crippen molar-refractivity contribution in [1.82, 2.24) is 14.8 Å². The fraction of sp³-hybridized carbons (Fsp3) is 0.417. The number of thiazole rings is 1. The molecule has 2 rings (SSSR count). The quantitative estimate of drug-likeness (QED) is 0.620. The summed E-state index contributed by atoms with van der Waals surface area (Å²) in [5.41, 5.74) is 0.362. The molecule has 19 heavy (non-hydrogen) atoms. The zero-order chi connectivity index (χ0) is 13.5. The minimum absolute atomic E-state index is 0.362. The van der Waals surface area contributed by atoms with Crippen LogP contribution in [0.1, 0.15) is 23.8 Å². The lowest BCUT2D eigenvalue weighted by atomic mass is 10.4. The van der Waals surface area contributed by atoms with Crippen molar-refractivity contribution in [1.29, 1.82) is 0 Å². The van der Waals surface area contributed by atoms with Crippen LogP contribution in [-0.2, 0) is 11.3 Å². The van der Waals surface area contributed by atoms with Crippen LogP contribution in [0, 0.1) is 0 Å². The van der Waals surface area contributed by atoms with E-state index in [0.29, 0.717) is 12.3 Å². The monoisotopic (exact) mass is 280 g/mol. The zero-order valence-corrected chi connectivity index (χ0v) is 11.5. The van der Waals surface area contributed by atoms with Crippen LogP contribution in [0.2, 0.25) is 0 Å². The van der Waals surface area contributed by atoms with E-state index in [0.717, 1.165) is 24.6 Å². The molecule has 0 aliphatic carbocycles. The van der Waals surface area contributed by atoms with Gasteiger partial charge < -0.3 is 10.1 Å². The minimum atomic E-state index is -0.372. The molecule has 0 amide bonds. The fourth-order valence-electron chi connectivity index (χ4n) is 1.52. The van der Waals surface area contributed by atoms with E-state index in [1.54, 1.807) is 18.5 Å². The SMILES string of the molecule is CCOC(=O)c1csc(NCCCn2cccn2)n1. The van der Waals surface area contributed by atoms with E-state index in [4.69, 9.17) is 4.74 Å². The Balaban J connectivity index is 1.72. The fourth-order valence-corrected chi connectivity index (χ4v) is 2.23. The van der Waals surface area contributed by atoms with Gasteiger partial charge in [0.25, 0.3) is 0 Å². The Labute approximate surface area is 115 Å². The second kappa shape index (κ2) is 6.89. The summed E-state index contributed by atoms with van der Waals surface area (Å²) < 4.78 is 6.76. The van der Waals surface area contributed by atoms with Crippen LogP contribution in [0.15, 0.2) is 23.8 Å². The van der Waals surface area contributed by atoms with Crippen molar-refractivity contribution in [3.8, 4) is 0 Å². The van der Waals surface area contributed by atoms with Crippen LogP contribution in [-0.4, -0.2) is 33.9 Å². The molecule has 0 radical (unpaired) electrons. The van der Waals surface area contributed by atoms with Crippen LogP contribution in [0.4, 0.5) is 5.13 Å². The Hall–Kier alpha value is -1.89. The molecule has 0 aromatic carbocycles. The second-order valence-electron chi connectivity index (χ2n) is 3.81. The van der Waals surface area contributed by atoms with Crippen molar-refractivity contribution in [2.24, 2.45) is 0 Å². The number of hydrogen-bond acceptors (Lipinski definition) is 6. The number of aryl methyl sites for hydroxylation is 1. The number of hydrogen-bond donors (Lipinski definition) is 1. The summed E-state index contributed by atoms with van der Waals surface area (Å²) in [4.78, 5) is 15.6. The van der Waals surface area contributed by atoms with E-state index in [9.17, 15) is 4.79 Å². The molecule has 0 aliphatic rings. The third kappa shape index (κ3) is 4.06. The van der Waals surface area contributed by atoms with Gasteiger partial charge in [0.2, 0.25) is 0 Å². The van der Waals surface area contributed by atoms with Crippen LogP contribution in [0.25, 0.3) is 0 Å². The van der Waals surface area contributed by atoms with Crippen LogP contribution in [0.5, 0.6) is 0 Å². The number of rotatable bonds is 7. The van der Waals surface area contributed by atoms with E-state index in [1.165, 1.54) is 11.3 Å². The van der Waals surface area contributed by atoms with Crippen molar-refractivity contribution in [3.05, 3.63) is 29.5 Å². The molecule has 0 aliphatic heterocycles. The number of nitrogens with zero attached hydrogens (tertiary/aromatic N) is 3. The average molecular weight is 280 g/mol. The number of anilines is 1. The predicted octanol–water partition coefficient (Wildman–Crippen LogP) is 2.02. The molecule has 0 bridgehead atoms. The van der Waals surface area contributed by atoms with E-state index in [-0.39, 0.29) is 5.97 Å². The Morgan fingerprint density at radius 2 is 2.47 bits per heavy atom. The minimum Gasteiger partial charge on any atom is -0.461 e. The molecule has 6 nitrogen and oxygen atoms in total. The first-order chi connectivity index (χ1) is 9.29. The lowest BCUT2D eigenvalue weighted by molar-refractivity contribution is 0.0520. The molecule has 2 aromatic rings. The smallest absolute Gasteiger partial charge is 0.357 e. The van der Waals surface area contributed by atoms with Crippen LogP contribution in [0.3, 0.4) is 0 Å². The predicted molar refractivity (Wildman–Crippen MR) is 73.4 cm³/mol. The summed E-state index contributed by atoms with van der Waals surface area (Å²) in [7, 11) is 0. The second-order valence-corrected chi connectivity index (χ2v) is 4.67. The molecule has 0 fully saturated rings. The van der Waals surface area contributed by atoms with Crippen molar-refractivity contribution in [2.75, 3.05) is 18.5 Å². The lowest BCUT2D eigenvalue weighted by Gasteiger charge is -2.02. The molecule has 2 aromatic heterocycles. The maximum Gasteiger partial charge on any atom is 0.357 e. The van der Waals surface area contributed by atoms with Gasteiger partial charge in [-0.3, -0.25) is 4.68 Å². The summed E-state index contributed by atoms with van der Waals surface area (Å²) in [6.07, 6.45) is 4.64. The highest BCUT2D eigenvalue weighted by molar-refractivity contribution is 7.13. The summed E-state index contributed by atoms with van der Waals surface area (Å²) in [5, 5.41) is 9.75. The maximum absolute atomic E-state index is 11.4. The normalized spacial score (nSPS) is 10.4. The molecular formula is C12H16N4O2S. The Morgan fingerprint density at radius 1 is 1.58 bits per heavy atom. The number of esters is 1. The Morgan fingerprint density at radius 3 is 3.21 bits per heavy atom. The number of carbonyl (C=O) groups is 1. The van der Waals surface area contributed by atoms with Gasteiger partial charge in [-0.2, -0.15) is 5.10 Å². The molecule has 0 spiro atoms. The van der Waals surface area contributed by atoms with E-state index in [2.05, 4.69) is 15.4 Å². The standard InChI is InChI=1S/C12H16N4O2S/c1-2-18-11(17)10-9-19-12(15-10)13-5-3-7-16-8-4-6-14-16/h4,6,8-9H,2-3,5,7H2,1H3,(H,13,15). The van der Waals surface area contributed by atoms with Gasteiger partial charge in [-0.05, 0) is 19.4 Å². The van der Waals surface area contributed by atoms with E-state index in [1.807, 2.05) is 16.9 Å². The van der Waals surface area contributed by atoms with E-state index < -0.39 is 0 Å². The van der Waals surface area contributed by atoms with E-state index >= 15 is 0 Å². The largest absolute Gasteiger partial charge is 0.461 e. The Kier molecular flexibility index (Phi) is 4.91. The lowest BCUT2D eigenvalue weighted by Crippen LogP contribution is -2.08. The van der Waals surface area contributed by atoms with Crippen molar-refractivity contribution < 1.29 is 9.53 Å². The first-order valence-corrected chi connectivity index (χ1v) is 7.01. The summed E-state index contributed by atoms with van der Waals surface area (Å²) in [5.74, 6) is -0.372. The molecule has 0 saturated carbocycles. The molecule has 1 N–H and O–H groups in total. The molecule has 102 valence electrons. The highest BCUT2D eigenvalue weighted by atomic mass is 32.1. The van der Waals surface area contributed by atoms with Gasteiger partial charge in [-0.15, -0.1) is 11.3 Å². The van der Waals surface area contributed by atoms with Crippen molar-refractivity contribution in [3.63, 3.8) is 0 Å². The van der Waals surface area contributed by atoms with Crippen LogP contribution >= 0.6 is 11.3 Å². The van der Waals surface area contributed by atoms with Gasteiger partial charge in [-0.25, -0.2) is 9.78 Å². The number of nitrogens with one attached hydrogen (secondary N) is 1. The number of aromatic nitrogens is 3. The summed E-state index contributed by atoms with van der Waals surface area (Å²) in [6.45, 7) is 3.79. The molecule has 7 heteroatoms. The summed E-state index contributed by atoms with van der Waals surface area (Å²) >= 11 is 1.41. The van der Waals surface area contributed by atoms with Crippen molar-refractivity contribution in [2.45, 2.75) is 19.9 Å². The topological polar surface area (TPSA) is 69.0 Å². The average Bonchev–Trinajstić information content (AvgIpc) is 3.06. The zero-order valence-electron chi connectivity index (χ0n) is 10.7. The number of ether oxygens (including phenoxy) is 1. The Bertz CT molecular complexity index is 510. The highest BCUT2D eigenvalue weighted by Gasteiger charge is 2.10. The van der Waals surface area contributed by atoms with Gasteiger partial charge in [0, 0.05) is 30.9 Å². The third-order valence-corrected chi connectivity index (χ3v) is 3.19. The maximum atomic E-state index is 11.4. The van der Waals surface area contributed by atoms with Gasteiger partial charge >= 0.3 is 5.97 Å².